The number of carbonyl (C=O) groups excluding carboxylic acids is 1. The van der Waals surface area contributed by atoms with Crippen molar-refractivity contribution in [2.45, 2.75) is 38.7 Å². The van der Waals surface area contributed by atoms with Gasteiger partial charge in [0.15, 0.2) is 0 Å². The lowest BCUT2D eigenvalue weighted by Gasteiger charge is -2.05. The van der Waals surface area contributed by atoms with Gasteiger partial charge in [0.1, 0.15) is 0 Å². The number of aliphatic hydroxyl groups is 2. The summed E-state index contributed by atoms with van der Waals surface area (Å²) in [6.45, 7) is 2.93. The number of hydrogen-bond donors (Lipinski definition) is 2. The van der Waals surface area contributed by atoms with E-state index >= 15 is 0 Å². The van der Waals surface area contributed by atoms with Crippen LogP contribution in [0, 0.1) is 0 Å². The molecule has 2 N–H and O–H groups in total. The van der Waals surface area contributed by atoms with Gasteiger partial charge in [0.05, 0.1) is 19.3 Å². The molecular weight excluding hydrogens is 246 g/mol. The summed E-state index contributed by atoms with van der Waals surface area (Å²) in [7, 11) is 0. The second kappa shape index (κ2) is 13.0. The van der Waals surface area contributed by atoms with E-state index in [2.05, 4.69) is 9.72 Å². The van der Waals surface area contributed by atoms with E-state index in [9.17, 15) is 4.79 Å². The predicted octanol–water partition coefficient (Wildman–Crippen LogP) is 1.33. The number of pyridine rings is 1. The van der Waals surface area contributed by atoms with Crippen molar-refractivity contribution in [2.75, 3.05) is 13.2 Å². The van der Waals surface area contributed by atoms with Crippen molar-refractivity contribution in [3.63, 3.8) is 0 Å². The first-order valence-corrected chi connectivity index (χ1v) is 6.47. The first-order valence-electron chi connectivity index (χ1n) is 6.47. The van der Waals surface area contributed by atoms with Gasteiger partial charge in [-0.15, -0.1) is 0 Å². The summed E-state index contributed by atoms with van der Waals surface area (Å²) < 4.78 is 4.39. The molecule has 0 saturated carbocycles. The summed E-state index contributed by atoms with van der Waals surface area (Å²) >= 11 is 0. The fourth-order valence-corrected chi connectivity index (χ4v) is 1.25. The highest BCUT2D eigenvalue weighted by Crippen LogP contribution is 2.02. The van der Waals surface area contributed by atoms with Gasteiger partial charge in [-0.1, -0.05) is 19.4 Å². The number of unbranched alkanes of at least 4 members (excludes halogenated alkanes) is 1. The Balaban J connectivity index is 0.000000399. The summed E-state index contributed by atoms with van der Waals surface area (Å²) in [6, 6.07) is 3.82. The molecule has 0 aliphatic heterocycles. The molecule has 5 heteroatoms. The van der Waals surface area contributed by atoms with Gasteiger partial charge in [-0.2, -0.15) is 0 Å². The van der Waals surface area contributed by atoms with Gasteiger partial charge >= 0.3 is 0 Å². The number of rotatable bonds is 8. The summed E-state index contributed by atoms with van der Waals surface area (Å²) in [5, 5.41) is 17.6. The molecule has 0 aromatic carbocycles. The Hall–Kier alpha value is -1.46. The molecule has 1 rings (SSSR count). The molecule has 0 spiro atoms. The molecule has 1 aromatic heterocycles. The Morgan fingerprint density at radius 3 is 2.84 bits per heavy atom. The standard InChI is InChI=1S/C9H13NO2.C5H10O2/c11-7-9(12)4-3-8-2-1-5-10-6-8;1-2-3-4-7-5-6/h1-2,5-6,9,11-12H,3-4,7H2;5H,2-4H2,1H3/t9-;/m0./s1. The molecule has 1 heterocycles. The van der Waals surface area contributed by atoms with Gasteiger partial charge in [-0.05, 0) is 30.9 Å². The number of ether oxygens (including phenoxy) is 1. The summed E-state index contributed by atoms with van der Waals surface area (Å²) in [5.74, 6) is 0. The van der Waals surface area contributed by atoms with Crippen molar-refractivity contribution in [2.24, 2.45) is 0 Å². The van der Waals surface area contributed by atoms with Crippen LogP contribution in [-0.2, 0) is 16.0 Å². The average molecular weight is 269 g/mol. The minimum Gasteiger partial charge on any atom is -0.468 e. The van der Waals surface area contributed by atoms with E-state index in [0.717, 1.165) is 24.8 Å². The van der Waals surface area contributed by atoms with E-state index in [1.165, 1.54) is 0 Å². The lowest BCUT2D eigenvalue weighted by molar-refractivity contribution is -0.128. The lowest BCUT2D eigenvalue weighted by Crippen LogP contribution is -2.12. The van der Waals surface area contributed by atoms with Crippen LogP contribution in [0.15, 0.2) is 24.5 Å². The maximum Gasteiger partial charge on any atom is 0.293 e. The van der Waals surface area contributed by atoms with Crippen molar-refractivity contribution < 1.29 is 19.7 Å². The minimum atomic E-state index is -0.606. The molecule has 1 atom stereocenters. The van der Waals surface area contributed by atoms with E-state index in [1.54, 1.807) is 12.4 Å². The van der Waals surface area contributed by atoms with E-state index in [1.807, 2.05) is 19.1 Å². The first kappa shape index (κ1) is 17.5. The quantitative estimate of drug-likeness (QED) is 0.549. The smallest absolute Gasteiger partial charge is 0.293 e. The predicted molar refractivity (Wildman–Crippen MR) is 72.6 cm³/mol. The number of aliphatic hydroxyl groups excluding tert-OH is 2. The van der Waals surface area contributed by atoms with Crippen LogP contribution in [0.3, 0.4) is 0 Å². The van der Waals surface area contributed by atoms with Gasteiger partial charge in [0.2, 0.25) is 0 Å². The largest absolute Gasteiger partial charge is 0.468 e. The number of carbonyl (C=O) groups is 1. The number of hydrogen-bond acceptors (Lipinski definition) is 5. The van der Waals surface area contributed by atoms with Gasteiger partial charge in [0, 0.05) is 12.4 Å². The molecule has 0 unspecified atom stereocenters. The zero-order chi connectivity index (χ0) is 14.3. The molecule has 0 fully saturated rings. The molecule has 19 heavy (non-hydrogen) atoms. The second-order valence-corrected chi connectivity index (χ2v) is 4.06. The van der Waals surface area contributed by atoms with Crippen LogP contribution >= 0.6 is 0 Å². The zero-order valence-corrected chi connectivity index (χ0v) is 11.4. The summed E-state index contributed by atoms with van der Waals surface area (Å²) in [4.78, 5) is 13.4. The van der Waals surface area contributed by atoms with Crippen LogP contribution in [0.1, 0.15) is 31.7 Å². The topological polar surface area (TPSA) is 79.7 Å². The third kappa shape index (κ3) is 11.4. The Morgan fingerprint density at radius 1 is 1.53 bits per heavy atom. The van der Waals surface area contributed by atoms with Crippen LogP contribution in [0.5, 0.6) is 0 Å². The SMILES string of the molecule is CCCCOC=O.OC[C@@H](O)CCc1cccnc1. The minimum absolute atomic E-state index is 0.166. The van der Waals surface area contributed by atoms with Crippen molar-refractivity contribution in [1.29, 1.82) is 0 Å². The first-order chi connectivity index (χ1) is 9.24. The van der Waals surface area contributed by atoms with Crippen LogP contribution < -0.4 is 0 Å². The van der Waals surface area contributed by atoms with Gasteiger partial charge in [0.25, 0.3) is 6.47 Å². The van der Waals surface area contributed by atoms with E-state index < -0.39 is 6.10 Å². The molecule has 108 valence electrons. The third-order valence-electron chi connectivity index (χ3n) is 2.38. The monoisotopic (exact) mass is 269 g/mol. The Labute approximate surface area is 114 Å². The molecule has 0 aliphatic rings. The van der Waals surface area contributed by atoms with Gasteiger partial charge < -0.3 is 14.9 Å². The number of aryl methyl sites for hydroxylation is 1. The summed E-state index contributed by atoms with van der Waals surface area (Å²) in [6.07, 6.45) is 6.27. The zero-order valence-electron chi connectivity index (χ0n) is 11.4. The molecule has 0 saturated heterocycles. The lowest BCUT2D eigenvalue weighted by atomic mass is 10.1. The van der Waals surface area contributed by atoms with Crippen molar-refractivity contribution in [3.05, 3.63) is 30.1 Å². The Bertz CT molecular complexity index is 306. The van der Waals surface area contributed by atoms with Crippen molar-refractivity contribution >= 4 is 6.47 Å². The fourth-order valence-electron chi connectivity index (χ4n) is 1.25. The van der Waals surface area contributed by atoms with Gasteiger partial charge in [-0.3, -0.25) is 9.78 Å². The number of aromatic nitrogens is 1. The molecule has 0 amide bonds. The molecule has 5 nitrogen and oxygen atoms in total. The molecule has 1 aromatic rings. The van der Waals surface area contributed by atoms with Crippen LogP contribution in [0.4, 0.5) is 0 Å². The highest BCUT2D eigenvalue weighted by atomic mass is 16.5. The molecule has 0 aliphatic carbocycles. The van der Waals surface area contributed by atoms with Crippen LogP contribution in [-0.4, -0.2) is 41.0 Å². The van der Waals surface area contributed by atoms with E-state index in [-0.39, 0.29) is 6.61 Å². The Morgan fingerprint density at radius 2 is 2.32 bits per heavy atom. The highest BCUT2D eigenvalue weighted by molar-refractivity contribution is 5.36. The molecule has 0 bridgehead atoms. The fraction of sp³-hybridized carbons (Fsp3) is 0.571. The Kier molecular flexibility index (Phi) is 12.0. The average Bonchev–Trinajstić information content (AvgIpc) is 2.47. The second-order valence-electron chi connectivity index (χ2n) is 4.06. The maximum atomic E-state index is 9.46. The molecular formula is C14H23NO4. The number of nitrogens with zero attached hydrogens (tertiary/aromatic N) is 1. The normalized spacial score (nSPS) is 11.1. The van der Waals surface area contributed by atoms with E-state index in [4.69, 9.17) is 10.2 Å². The summed E-state index contributed by atoms with van der Waals surface area (Å²) in [5.41, 5.74) is 1.09. The van der Waals surface area contributed by atoms with Gasteiger partial charge in [-0.25, -0.2) is 0 Å². The van der Waals surface area contributed by atoms with Crippen molar-refractivity contribution in [1.82, 2.24) is 4.98 Å². The van der Waals surface area contributed by atoms with Crippen LogP contribution in [0.2, 0.25) is 0 Å². The van der Waals surface area contributed by atoms with Crippen LogP contribution in [0.25, 0.3) is 0 Å². The maximum absolute atomic E-state index is 9.46. The van der Waals surface area contributed by atoms with Crippen molar-refractivity contribution in [3.8, 4) is 0 Å². The molecule has 0 radical (unpaired) electrons. The van der Waals surface area contributed by atoms with E-state index in [0.29, 0.717) is 19.5 Å². The third-order valence-corrected chi connectivity index (χ3v) is 2.38. The highest BCUT2D eigenvalue weighted by Gasteiger charge is 2.01.